The van der Waals surface area contributed by atoms with Crippen LogP contribution in [0.3, 0.4) is 0 Å². The molecule has 0 saturated heterocycles. The lowest BCUT2D eigenvalue weighted by Gasteiger charge is -2.07. The number of sulfonamides is 1. The summed E-state index contributed by atoms with van der Waals surface area (Å²) >= 11 is 0. The molecule has 0 aliphatic rings. The molecular formula is C15H17N5O3S. The molecule has 2 aromatic heterocycles. The maximum Gasteiger partial charge on any atom is 0.241 e. The number of aryl methyl sites for hydroxylation is 2. The van der Waals surface area contributed by atoms with Crippen LogP contribution in [-0.4, -0.2) is 35.2 Å². The second-order valence-corrected chi connectivity index (χ2v) is 7.16. The third-order valence-electron chi connectivity index (χ3n) is 3.57. The Morgan fingerprint density at radius 1 is 1.17 bits per heavy atom. The molecule has 126 valence electrons. The molecule has 9 heteroatoms. The topological polar surface area (TPSA) is 98.0 Å². The Bertz CT molecular complexity index is 1000. The maximum absolute atomic E-state index is 12.3. The van der Waals surface area contributed by atoms with Crippen molar-refractivity contribution in [2.75, 3.05) is 11.9 Å². The molecule has 8 nitrogen and oxygen atoms in total. The summed E-state index contributed by atoms with van der Waals surface area (Å²) in [6.45, 7) is -0.369. The summed E-state index contributed by atoms with van der Waals surface area (Å²) in [5.41, 5.74) is 0.932. The molecule has 0 bridgehead atoms. The lowest BCUT2D eigenvalue weighted by Crippen LogP contribution is -2.33. The molecule has 0 aliphatic heterocycles. The fourth-order valence-electron chi connectivity index (χ4n) is 2.34. The molecule has 0 atom stereocenters. The zero-order valence-electron chi connectivity index (χ0n) is 13.2. The van der Waals surface area contributed by atoms with Crippen molar-refractivity contribution in [2.24, 2.45) is 14.1 Å². The van der Waals surface area contributed by atoms with E-state index in [1.807, 2.05) is 23.9 Å². The molecule has 0 radical (unpaired) electrons. The van der Waals surface area contributed by atoms with Crippen LogP contribution in [0.4, 0.5) is 5.82 Å². The van der Waals surface area contributed by atoms with Gasteiger partial charge in [-0.3, -0.25) is 9.48 Å². The van der Waals surface area contributed by atoms with E-state index in [1.54, 1.807) is 31.4 Å². The van der Waals surface area contributed by atoms with Gasteiger partial charge in [0.15, 0.2) is 5.82 Å². The average Bonchev–Trinajstić information content (AvgIpc) is 3.11. The predicted molar refractivity (Wildman–Crippen MR) is 89.9 cm³/mol. The van der Waals surface area contributed by atoms with Crippen molar-refractivity contribution in [3.63, 3.8) is 0 Å². The van der Waals surface area contributed by atoms with Crippen LogP contribution in [0.5, 0.6) is 0 Å². The van der Waals surface area contributed by atoms with E-state index in [4.69, 9.17) is 0 Å². The van der Waals surface area contributed by atoms with Gasteiger partial charge < -0.3 is 9.88 Å². The Morgan fingerprint density at radius 3 is 2.67 bits per heavy atom. The largest absolute Gasteiger partial charge is 0.351 e. The number of rotatable bonds is 5. The van der Waals surface area contributed by atoms with Crippen LogP contribution in [0.2, 0.25) is 0 Å². The third kappa shape index (κ3) is 3.31. The molecular weight excluding hydrogens is 330 g/mol. The summed E-state index contributed by atoms with van der Waals surface area (Å²) in [6, 6.07) is 8.28. The molecule has 0 unspecified atom stereocenters. The van der Waals surface area contributed by atoms with Crippen LogP contribution in [-0.2, 0) is 28.9 Å². The highest BCUT2D eigenvalue weighted by Crippen LogP contribution is 2.19. The van der Waals surface area contributed by atoms with Gasteiger partial charge in [-0.1, -0.05) is 0 Å². The van der Waals surface area contributed by atoms with Crippen LogP contribution >= 0.6 is 0 Å². The zero-order chi connectivity index (χ0) is 17.3. The Hall–Kier alpha value is -2.65. The summed E-state index contributed by atoms with van der Waals surface area (Å²) in [6.07, 6.45) is 3.53. The Labute approximate surface area is 139 Å². The second kappa shape index (κ2) is 6.10. The van der Waals surface area contributed by atoms with Crippen LogP contribution in [0.1, 0.15) is 0 Å². The Balaban J connectivity index is 1.69. The van der Waals surface area contributed by atoms with Gasteiger partial charge >= 0.3 is 0 Å². The molecule has 2 N–H and O–H groups in total. The van der Waals surface area contributed by atoms with E-state index in [2.05, 4.69) is 15.1 Å². The summed E-state index contributed by atoms with van der Waals surface area (Å²) in [5, 5.41) is 7.33. The highest BCUT2D eigenvalue weighted by Gasteiger charge is 2.16. The SMILES string of the molecule is Cn1ccc(NC(=O)CNS(=O)(=O)c2ccc3c(ccn3C)c2)n1. The zero-order valence-corrected chi connectivity index (χ0v) is 14.0. The number of nitrogens with zero attached hydrogens (tertiary/aromatic N) is 3. The summed E-state index contributed by atoms with van der Waals surface area (Å²) in [5.74, 6) is -0.120. The lowest BCUT2D eigenvalue weighted by atomic mass is 10.2. The van der Waals surface area contributed by atoms with Crippen molar-refractivity contribution in [3.05, 3.63) is 42.7 Å². The second-order valence-electron chi connectivity index (χ2n) is 5.39. The number of benzene rings is 1. The molecule has 0 aliphatic carbocycles. The number of fused-ring (bicyclic) bond motifs is 1. The molecule has 1 amide bonds. The first-order valence-corrected chi connectivity index (χ1v) is 8.68. The maximum atomic E-state index is 12.3. The van der Waals surface area contributed by atoms with Gasteiger partial charge in [0.1, 0.15) is 0 Å². The first-order chi connectivity index (χ1) is 11.3. The van der Waals surface area contributed by atoms with Gasteiger partial charge in [-0.05, 0) is 24.3 Å². The number of hydrogen-bond acceptors (Lipinski definition) is 4. The van der Waals surface area contributed by atoms with Crippen LogP contribution in [0.15, 0.2) is 47.6 Å². The molecule has 0 saturated carbocycles. The average molecular weight is 347 g/mol. The van der Waals surface area contributed by atoms with Gasteiger partial charge in [0.2, 0.25) is 15.9 Å². The number of carbonyl (C=O) groups is 1. The van der Waals surface area contributed by atoms with E-state index in [0.717, 1.165) is 10.9 Å². The van der Waals surface area contributed by atoms with E-state index in [0.29, 0.717) is 5.82 Å². The number of anilines is 1. The normalized spacial score (nSPS) is 11.8. The minimum atomic E-state index is -3.77. The summed E-state index contributed by atoms with van der Waals surface area (Å²) in [4.78, 5) is 11.9. The van der Waals surface area contributed by atoms with Gasteiger partial charge in [-0.25, -0.2) is 13.1 Å². The smallest absolute Gasteiger partial charge is 0.241 e. The summed E-state index contributed by atoms with van der Waals surface area (Å²) in [7, 11) is -0.164. The molecule has 24 heavy (non-hydrogen) atoms. The molecule has 1 aromatic carbocycles. The van der Waals surface area contributed by atoms with E-state index in [-0.39, 0.29) is 11.4 Å². The number of carbonyl (C=O) groups excluding carboxylic acids is 1. The Morgan fingerprint density at radius 2 is 1.96 bits per heavy atom. The fourth-order valence-corrected chi connectivity index (χ4v) is 3.36. The Kier molecular flexibility index (Phi) is 4.12. The van der Waals surface area contributed by atoms with Crippen molar-refractivity contribution in [1.82, 2.24) is 19.1 Å². The van der Waals surface area contributed by atoms with Gasteiger partial charge in [-0.2, -0.15) is 5.10 Å². The predicted octanol–water partition coefficient (Wildman–Crippen LogP) is 0.829. The molecule has 0 spiro atoms. The molecule has 3 rings (SSSR count). The van der Waals surface area contributed by atoms with Crippen molar-refractivity contribution in [2.45, 2.75) is 4.90 Å². The van der Waals surface area contributed by atoms with Gasteiger partial charge in [0.25, 0.3) is 0 Å². The standard InChI is InChI=1S/C15H17N5O3S/c1-19-7-5-11-9-12(3-4-13(11)19)24(22,23)16-10-15(21)17-14-6-8-20(2)18-14/h3-9,16H,10H2,1-2H3,(H,17,18,21). The minimum Gasteiger partial charge on any atom is -0.351 e. The van der Waals surface area contributed by atoms with Crippen molar-refractivity contribution in [3.8, 4) is 0 Å². The first-order valence-electron chi connectivity index (χ1n) is 7.19. The number of nitrogens with one attached hydrogen (secondary N) is 2. The van der Waals surface area contributed by atoms with Gasteiger partial charge in [0, 0.05) is 43.5 Å². The van der Waals surface area contributed by atoms with Crippen LogP contribution in [0.25, 0.3) is 10.9 Å². The monoisotopic (exact) mass is 347 g/mol. The minimum absolute atomic E-state index is 0.117. The molecule has 3 aromatic rings. The van der Waals surface area contributed by atoms with Crippen LogP contribution < -0.4 is 10.0 Å². The van der Waals surface area contributed by atoms with Gasteiger partial charge in [0.05, 0.1) is 11.4 Å². The fraction of sp³-hybridized carbons (Fsp3) is 0.200. The van der Waals surface area contributed by atoms with Gasteiger partial charge in [-0.15, -0.1) is 0 Å². The molecule has 0 fully saturated rings. The van der Waals surface area contributed by atoms with E-state index in [9.17, 15) is 13.2 Å². The highest BCUT2D eigenvalue weighted by molar-refractivity contribution is 7.89. The van der Waals surface area contributed by atoms with E-state index in [1.165, 1.54) is 10.7 Å². The lowest BCUT2D eigenvalue weighted by molar-refractivity contribution is -0.115. The van der Waals surface area contributed by atoms with Crippen molar-refractivity contribution >= 4 is 32.7 Å². The number of aromatic nitrogens is 3. The van der Waals surface area contributed by atoms with Crippen molar-refractivity contribution in [1.29, 1.82) is 0 Å². The highest BCUT2D eigenvalue weighted by atomic mass is 32.2. The first kappa shape index (κ1) is 16.2. The van der Waals surface area contributed by atoms with E-state index >= 15 is 0 Å². The third-order valence-corrected chi connectivity index (χ3v) is 4.97. The quantitative estimate of drug-likeness (QED) is 0.714. The van der Waals surface area contributed by atoms with E-state index < -0.39 is 15.9 Å². The number of hydrogen-bond donors (Lipinski definition) is 2. The number of amides is 1. The van der Waals surface area contributed by atoms with Crippen LogP contribution in [0, 0.1) is 0 Å². The summed E-state index contributed by atoms with van der Waals surface area (Å²) < 4.78 is 30.4. The molecule has 2 heterocycles. The van der Waals surface area contributed by atoms with Crippen molar-refractivity contribution < 1.29 is 13.2 Å².